The average Bonchev–Trinajstić information content (AvgIpc) is 0.722. The zero-order valence-corrected chi connectivity index (χ0v) is 4.54. The molecule has 0 radical (unpaired) electrons. The Morgan fingerprint density at radius 2 is 1.43 bits per heavy atom. The van der Waals surface area contributed by atoms with Gasteiger partial charge in [-0.15, -0.1) is 0 Å². The van der Waals surface area contributed by atoms with Crippen molar-refractivity contribution < 1.29 is 13.0 Å². The molecule has 0 aliphatic carbocycles. The first-order valence-corrected chi connectivity index (χ1v) is 3.19. The fourth-order valence-electron chi connectivity index (χ4n) is 0. The van der Waals surface area contributed by atoms with Gasteiger partial charge in [0.25, 0.3) is 0 Å². The molecule has 42 valence electrons. The molecule has 4 nitrogen and oxygen atoms in total. The van der Waals surface area contributed by atoms with Crippen molar-refractivity contribution in [3.63, 3.8) is 0 Å². The molecule has 0 amide bonds. The second kappa shape index (κ2) is 5.36. The van der Waals surface area contributed by atoms with Crippen molar-refractivity contribution in [1.29, 1.82) is 0 Å². The SMILES string of the molecule is N.O=S(=O)(O)S.[NaH]. The van der Waals surface area contributed by atoms with E-state index in [4.69, 9.17) is 13.0 Å². The molecule has 0 aliphatic rings. The van der Waals surface area contributed by atoms with Crippen LogP contribution >= 0.6 is 11.7 Å². The van der Waals surface area contributed by atoms with Crippen molar-refractivity contribution in [1.82, 2.24) is 6.15 Å². The van der Waals surface area contributed by atoms with Gasteiger partial charge in [-0.3, -0.25) is 4.55 Å². The van der Waals surface area contributed by atoms with Crippen LogP contribution in [0.3, 0.4) is 0 Å². The minimum atomic E-state index is -3.97. The zero-order valence-electron chi connectivity index (χ0n) is 2.83. The predicted molar refractivity (Wildman–Crippen MR) is 32.7 cm³/mol. The standard InChI is InChI=1S/H3N.Na.H2O3S2.H/c;;1-5(2,3)4;/h1H3;;(H2,1,2,3,4);. The van der Waals surface area contributed by atoms with Gasteiger partial charge >= 0.3 is 38.7 Å². The van der Waals surface area contributed by atoms with E-state index in [1.165, 1.54) is 0 Å². The van der Waals surface area contributed by atoms with E-state index in [9.17, 15) is 0 Å². The normalized spacial score (nSPS) is 8.29. The second-order valence-electron chi connectivity index (χ2n) is 0.448. The van der Waals surface area contributed by atoms with E-state index in [0.29, 0.717) is 0 Å². The Morgan fingerprint density at radius 3 is 1.43 bits per heavy atom. The van der Waals surface area contributed by atoms with Gasteiger partial charge in [0, 0.05) is 0 Å². The van der Waals surface area contributed by atoms with Gasteiger partial charge in [-0.2, -0.15) is 8.42 Å². The van der Waals surface area contributed by atoms with E-state index in [1.807, 2.05) is 0 Å². The Morgan fingerprint density at radius 1 is 1.43 bits per heavy atom. The Labute approximate surface area is 69.1 Å². The third kappa shape index (κ3) is 132. The minimum absolute atomic E-state index is 0. The molecule has 7 heavy (non-hydrogen) atoms. The Kier molecular flexibility index (Phi) is 12.0. The van der Waals surface area contributed by atoms with Crippen LogP contribution in [0.2, 0.25) is 0 Å². The molecule has 0 unspecified atom stereocenters. The van der Waals surface area contributed by atoms with Crippen LogP contribution in [-0.2, 0) is 9.15 Å². The first kappa shape index (κ1) is 15.7. The molecule has 0 rings (SSSR count). The number of hydrogen-bond acceptors (Lipinski definition) is 3. The maximum absolute atomic E-state index is 9.05. The molecular formula is H6NNaO3S2. The molecule has 0 aromatic heterocycles. The summed E-state index contributed by atoms with van der Waals surface area (Å²) in [5, 5.41) is 0. The van der Waals surface area contributed by atoms with Crippen LogP contribution in [0.4, 0.5) is 0 Å². The summed E-state index contributed by atoms with van der Waals surface area (Å²) in [4.78, 5) is 0. The third-order valence-corrected chi connectivity index (χ3v) is 0. The van der Waals surface area contributed by atoms with Gasteiger partial charge in [0.15, 0.2) is 0 Å². The molecule has 7 heteroatoms. The van der Waals surface area contributed by atoms with Gasteiger partial charge in [-0.1, -0.05) is 0 Å². The summed E-state index contributed by atoms with van der Waals surface area (Å²) in [5.41, 5.74) is 0. The average molecular weight is 155 g/mol. The Hall–Kier alpha value is 1.22. The molecule has 0 atom stereocenters. The van der Waals surface area contributed by atoms with E-state index in [0.717, 1.165) is 0 Å². The molecule has 0 saturated heterocycles. The molecule has 0 heterocycles. The van der Waals surface area contributed by atoms with Gasteiger partial charge in [-0.05, 0) is 11.7 Å². The monoisotopic (exact) mass is 155 g/mol. The fourth-order valence-corrected chi connectivity index (χ4v) is 0. The summed E-state index contributed by atoms with van der Waals surface area (Å²) >= 11 is 2.65. The van der Waals surface area contributed by atoms with E-state index in [1.54, 1.807) is 0 Å². The van der Waals surface area contributed by atoms with Gasteiger partial charge in [0.1, 0.15) is 0 Å². The van der Waals surface area contributed by atoms with E-state index in [-0.39, 0.29) is 35.7 Å². The first-order chi connectivity index (χ1) is 2.00. The summed E-state index contributed by atoms with van der Waals surface area (Å²) in [5.74, 6) is 0. The van der Waals surface area contributed by atoms with Crippen molar-refractivity contribution >= 4 is 50.4 Å². The van der Waals surface area contributed by atoms with Gasteiger partial charge < -0.3 is 6.15 Å². The number of hydrogen-bond donors (Lipinski definition) is 3. The molecule has 0 spiro atoms. The summed E-state index contributed by atoms with van der Waals surface area (Å²) < 4.78 is 25.5. The van der Waals surface area contributed by atoms with Crippen molar-refractivity contribution in [2.45, 2.75) is 0 Å². The topological polar surface area (TPSA) is 89.4 Å². The van der Waals surface area contributed by atoms with Crippen molar-refractivity contribution in [3.05, 3.63) is 0 Å². The van der Waals surface area contributed by atoms with Crippen LogP contribution in [0.1, 0.15) is 0 Å². The quantitative estimate of drug-likeness (QED) is 0.185. The van der Waals surface area contributed by atoms with Crippen LogP contribution < -0.4 is 6.15 Å². The van der Waals surface area contributed by atoms with E-state index < -0.39 is 9.15 Å². The van der Waals surface area contributed by atoms with Crippen LogP contribution in [0.5, 0.6) is 0 Å². The molecule has 4 N–H and O–H groups in total. The van der Waals surface area contributed by atoms with Crippen LogP contribution in [-0.4, -0.2) is 42.5 Å². The Balaban J connectivity index is -0.0000000800. The van der Waals surface area contributed by atoms with Crippen molar-refractivity contribution in [3.8, 4) is 0 Å². The van der Waals surface area contributed by atoms with Gasteiger partial charge in [0.2, 0.25) is 0 Å². The summed E-state index contributed by atoms with van der Waals surface area (Å²) in [6.07, 6.45) is 0. The number of thiol groups is 1. The van der Waals surface area contributed by atoms with Crippen LogP contribution in [0.25, 0.3) is 0 Å². The van der Waals surface area contributed by atoms with Crippen LogP contribution in [0.15, 0.2) is 0 Å². The third-order valence-electron chi connectivity index (χ3n) is 0. The zero-order chi connectivity index (χ0) is 4.50. The molecular weight excluding hydrogens is 149 g/mol. The van der Waals surface area contributed by atoms with E-state index >= 15 is 0 Å². The molecule has 0 aromatic carbocycles. The van der Waals surface area contributed by atoms with Crippen molar-refractivity contribution in [2.24, 2.45) is 0 Å². The molecule has 0 saturated carbocycles. The van der Waals surface area contributed by atoms with Gasteiger partial charge in [-0.25, -0.2) is 0 Å². The van der Waals surface area contributed by atoms with Crippen LogP contribution in [0, 0.1) is 0 Å². The summed E-state index contributed by atoms with van der Waals surface area (Å²) in [7, 11) is -3.97. The van der Waals surface area contributed by atoms with Gasteiger partial charge in [0.05, 0.1) is 0 Å². The van der Waals surface area contributed by atoms with E-state index in [2.05, 4.69) is 11.7 Å². The molecule has 0 bridgehead atoms. The molecule has 0 aliphatic heterocycles. The fraction of sp³-hybridized carbons (Fsp3) is 0. The molecule has 0 aromatic rings. The maximum atomic E-state index is 9.05. The molecule has 0 fully saturated rings. The summed E-state index contributed by atoms with van der Waals surface area (Å²) in [6.45, 7) is 0. The second-order valence-corrected chi connectivity index (χ2v) is 2.73. The number of rotatable bonds is 0. The predicted octanol–water partition coefficient (Wildman–Crippen LogP) is -0.768. The first-order valence-electron chi connectivity index (χ1n) is 0.698. The summed E-state index contributed by atoms with van der Waals surface area (Å²) in [6, 6.07) is 0. The Bertz CT molecular complexity index is 96.1. The van der Waals surface area contributed by atoms with Crippen molar-refractivity contribution in [2.75, 3.05) is 0 Å².